The second-order valence-electron chi connectivity index (χ2n) is 10.00. The number of likely N-dealkylation sites (tertiary alicyclic amines) is 1. The van der Waals surface area contributed by atoms with Crippen LogP contribution in [0.3, 0.4) is 0 Å². The van der Waals surface area contributed by atoms with Gasteiger partial charge in [0.1, 0.15) is 11.3 Å². The van der Waals surface area contributed by atoms with Crippen LogP contribution in [0.4, 0.5) is 21.9 Å². The zero-order valence-electron chi connectivity index (χ0n) is 19.7. The minimum absolute atomic E-state index is 0.147. The first-order chi connectivity index (χ1) is 15.1. The predicted octanol–water partition coefficient (Wildman–Crippen LogP) is 3.84. The van der Waals surface area contributed by atoms with Gasteiger partial charge in [0.2, 0.25) is 0 Å². The SMILES string of the molecule is CN1CCC(Nc2ccc(N3CCC(CNC(=O)OC(C)(C)C)CC3)c([N+](=O)[O-])c2)CC1. The summed E-state index contributed by atoms with van der Waals surface area (Å²) < 4.78 is 5.29. The van der Waals surface area contributed by atoms with Crippen LogP contribution >= 0.6 is 0 Å². The van der Waals surface area contributed by atoms with Gasteiger partial charge >= 0.3 is 6.09 Å². The van der Waals surface area contributed by atoms with Crippen molar-refractivity contribution in [3.63, 3.8) is 0 Å². The molecule has 1 aromatic rings. The second-order valence-corrected chi connectivity index (χ2v) is 10.00. The van der Waals surface area contributed by atoms with Crippen LogP contribution in [0.15, 0.2) is 18.2 Å². The average molecular weight is 448 g/mol. The largest absolute Gasteiger partial charge is 0.444 e. The molecule has 0 aliphatic carbocycles. The van der Waals surface area contributed by atoms with E-state index in [-0.39, 0.29) is 10.6 Å². The average Bonchev–Trinajstić information content (AvgIpc) is 2.73. The van der Waals surface area contributed by atoms with Gasteiger partial charge in [-0.2, -0.15) is 0 Å². The van der Waals surface area contributed by atoms with Gasteiger partial charge in [-0.05, 0) is 84.6 Å². The van der Waals surface area contributed by atoms with E-state index in [1.807, 2.05) is 32.9 Å². The van der Waals surface area contributed by atoms with Crippen molar-refractivity contribution in [1.82, 2.24) is 10.2 Å². The smallest absolute Gasteiger partial charge is 0.407 e. The molecule has 0 bridgehead atoms. The molecule has 0 spiro atoms. The third kappa shape index (κ3) is 6.98. The number of nitrogens with one attached hydrogen (secondary N) is 2. The fraction of sp³-hybridized carbons (Fsp3) is 0.696. The number of piperidine rings is 2. The Labute approximate surface area is 190 Å². The van der Waals surface area contributed by atoms with Gasteiger partial charge in [-0.1, -0.05) is 0 Å². The van der Waals surface area contributed by atoms with Gasteiger partial charge in [0.25, 0.3) is 5.69 Å². The second kappa shape index (κ2) is 10.4. The molecular formula is C23H37N5O4. The highest BCUT2D eigenvalue weighted by Gasteiger charge is 2.26. The number of hydrogen-bond acceptors (Lipinski definition) is 7. The van der Waals surface area contributed by atoms with Crippen LogP contribution < -0.4 is 15.5 Å². The summed E-state index contributed by atoms with van der Waals surface area (Å²) in [6.07, 6.45) is 3.40. The molecule has 2 N–H and O–H groups in total. The summed E-state index contributed by atoms with van der Waals surface area (Å²) in [7, 11) is 2.12. The molecule has 32 heavy (non-hydrogen) atoms. The van der Waals surface area contributed by atoms with Crippen molar-refractivity contribution in [2.75, 3.05) is 50.0 Å². The van der Waals surface area contributed by atoms with Gasteiger partial charge < -0.3 is 25.2 Å². The molecule has 0 aromatic heterocycles. The fourth-order valence-corrected chi connectivity index (χ4v) is 4.34. The van der Waals surface area contributed by atoms with Gasteiger partial charge in [-0.3, -0.25) is 10.1 Å². The first-order valence-electron chi connectivity index (χ1n) is 11.6. The number of nitrogens with zero attached hydrogens (tertiary/aromatic N) is 3. The molecule has 2 heterocycles. The molecule has 1 amide bonds. The number of carbonyl (C=O) groups is 1. The van der Waals surface area contributed by atoms with E-state index in [4.69, 9.17) is 4.74 Å². The summed E-state index contributed by atoms with van der Waals surface area (Å²) in [6.45, 7) is 9.60. The van der Waals surface area contributed by atoms with E-state index in [1.54, 1.807) is 6.07 Å². The number of anilines is 2. The topological polar surface area (TPSA) is 100.0 Å². The number of ether oxygens (including phenoxy) is 1. The highest BCUT2D eigenvalue weighted by atomic mass is 16.6. The highest BCUT2D eigenvalue weighted by Crippen LogP contribution is 2.34. The number of nitro benzene ring substituents is 1. The van der Waals surface area contributed by atoms with Crippen molar-refractivity contribution >= 4 is 23.2 Å². The Hall–Kier alpha value is -2.55. The fourth-order valence-electron chi connectivity index (χ4n) is 4.34. The summed E-state index contributed by atoms with van der Waals surface area (Å²) in [6, 6.07) is 5.85. The molecular weight excluding hydrogens is 410 g/mol. The summed E-state index contributed by atoms with van der Waals surface area (Å²) in [5.41, 5.74) is 1.11. The van der Waals surface area contributed by atoms with Crippen LogP contribution in [0.1, 0.15) is 46.5 Å². The van der Waals surface area contributed by atoms with Crippen molar-refractivity contribution < 1.29 is 14.5 Å². The van der Waals surface area contributed by atoms with Crippen molar-refractivity contribution in [3.05, 3.63) is 28.3 Å². The Morgan fingerprint density at radius 3 is 2.41 bits per heavy atom. The van der Waals surface area contributed by atoms with E-state index in [2.05, 4.69) is 27.5 Å². The molecule has 1 aromatic carbocycles. The summed E-state index contributed by atoms with van der Waals surface area (Å²) in [5, 5.41) is 18.1. The highest BCUT2D eigenvalue weighted by molar-refractivity contribution is 5.69. The monoisotopic (exact) mass is 447 g/mol. The van der Waals surface area contributed by atoms with E-state index in [0.29, 0.717) is 24.2 Å². The van der Waals surface area contributed by atoms with Crippen LogP contribution in [0, 0.1) is 16.0 Å². The number of rotatable bonds is 6. The Kier molecular flexibility index (Phi) is 7.82. The first-order valence-corrected chi connectivity index (χ1v) is 11.6. The van der Waals surface area contributed by atoms with Crippen LogP contribution in [0.25, 0.3) is 0 Å². The van der Waals surface area contributed by atoms with E-state index in [1.165, 1.54) is 0 Å². The molecule has 0 radical (unpaired) electrons. The molecule has 0 unspecified atom stereocenters. The van der Waals surface area contributed by atoms with Gasteiger partial charge in [0.05, 0.1) is 4.92 Å². The van der Waals surface area contributed by atoms with E-state index in [9.17, 15) is 14.9 Å². The zero-order valence-corrected chi connectivity index (χ0v) is 19.7. The van der Waals surface area contributed by atoms with Crippen molar-refractivity contribution in [3.8, 4) is 0 Å². The van der Waals surface area contributed by atoms with Crippen LogP contribution in [0.2, 0.25) is 0 Å². The van der Waals surface area contributed by atoms with Crippen LogP contribution in [0.5, 0.6) is 0 Å². The molecule has 2 aliphatic heterocycles. The molecule has 9 nitrogen and oxygen atoms in total. The third-order valence-corrected chi connectivity index (χ3v) is 6.15. The quantitative estimate of drug-likeness (QED) is 0.505. The lowest BCUT2D eigenvalue weighted by atomic mass is 9.96. The minimum Gasteiger partial charge on any atom is -0.444 e. The molecule has 9 heteroatoms. The maximum atomic E-state index is 11.9. The molecule has 178 valence electrons. The predicted molar refractivity (Wildman–Crippen MR) is 126 cm³/mol. The number of carbonyl (C=O) groups excluding carboxylic acids is 1. The van der Waals surface area contributed by atoms with E-state index >= 15 is 0 Å². The number of amides is 1. The number of nitro groups is 1. The summed E-state index contributed by atoms with van der Waals surface area (Å²) >= 11 is 0. The zero-order chi connectivity index (χ0) is 23.3. The number of hydrogen-bond donors (Lipinski definition) is 2. The molecule has 0 atom stereocenters. The van der Waals surface area contributed by atoms with E-state index in [0.717, 1.165) is 57.5 Å². The Bertz CT molecular complexity index is 794. The Balaban J connectivity index is 1.55. The maximum absolute atomic E-state index is 11.9. The molecule has 0 saturated carbocycles. The minimum atomic E-state index is -0.513. The lowest BCUT2D eigenvalue weighted by Crippen LogP contribution is -2.40. The lowest BCUT2D eigenvalue weighted by Gasteiger charge is -2.34. The van der Waals surface area contributed by atoms with Gasteiger partial charge in [0.15, 0.2) is 0 Å². The first kappa shape index (κ1) is 24.1. The molecule has 3 rings (SSSR count). The standard InChI is InChI=1S/C23H37N5O4/c1-23(2,3)32-22(29)24-16-17-7-13-27(14-8-17)20-6-5-19(15-21(20)28(30)31)25-18-9-11-26(4)12-10-18/h5-6,15,17-18,25H,7-14,16H2,1-4H3,(H,24,29). The maximum Gasteiger partial charge on any atom is 0.407 e. The normalized spacial score (nSPS) is 18.9. The van der Waals surface area contributed by atoms with E-state index < -0.39 is 11.7 Å². The third-order valence-electron chi connectivity index (χ3n) is 6.15. The molecule has 2 fully saturated rings. The lowest BCUT2D eigenvalue weighted by molar-refractivity contribution is -0.384. The number of benzene rings is 1. The number of alkyl carbamates (subject to hydrolysis) is 1. The Morgan fingerprint density at radius 2 is 1.81 bits per heavy atom. The van der Waals surface area contributed by atoms with Crippen molar-refractivity contribution in [1.29, 1.82) is 0 Å². The van der Waals surface area contributed by atoms with Crippen LogP contribution in [-0.4, -0.2) is 67.3 Å². The Morgan fingerprint density at radius 1 is 1.16 bits per heavy atom. The van der Waals surface area contributed by atoms with Gasteiger partial charge in [0, 0.05) is 37.4 Å². The van der Waals surface area contributed by atoms with Crippen molar-refractivity contribution in [2.24, 2.45) is 5.92 Å². The van der Waals surface area contributed by atoms with Crippen molar-refractivity contribution in [2.45, 2.75) is 58.1 Å². The molecule has 2 aliphatic rings. The molecule has 2 saturated heterocycles. The van der Waals surface area contributed by atoms with Gasteiger partial charge in [-0.25, -0.2) is 4.79 Å². The summed E-state index contributed by atoms with van der Waals surface area (Å²) in [4.78, 5) is 27.8. The van der Waals surface area contributed by atoms with Crippen LogP contribution in [-0.2, 0) is 4.74 Å². The van der Waals surface area contributed by atoms with Gasteiger partial charge in [-0.15, -0.1) is 0 Å². The summed E-state index contributed by atoms with van der Waals surface area (Å²) in [5.74, 6) is 0.336.